The van der Waals surface area contributed by atoms with Crippen LogP contribution < -0.4 is 11.1 Å². The molecule has 21 heavy (non-hydrogen) atoms. The van der Waals surface area contributed by atoms with E-state index in [0.29, 0.717) is 6.54 Å². The average molecular weight is 293 g/mol. The van der Waals surface area contributed by atoms with E-state index in [-0.39, 0.29) is 6.04 Å². The van der Waals surface area contributed by atoms with Gasteiger partial charge in [-0.1, -0.05) is 24.3 Å². The molecule has 1 aromatic carbocycles. The number of ether oxygens (including phenoxy) is 1. The number of rotatable bonds is 5. The highest BCUT2D eigenvalue weighted by Crippen LogP contribution is 2.13. The van der Waals surface area contributed by atoms with Crippen LogP contribution >= 0.6 is 0 Å². The van der Waals surface area contributed by atoms with E-state index in [1.54, 1.807) is 0 Å². The Morgan fingerprint density at radius 3 is 2.62 bits per heavy atom. The number of hydrogen-bond acceptors (Lipinski definition) is 4. The average Bonchev–Trinajstić information content (AvgIpc) is 2.33. The van der Waals surface area contributed by atoms with E-state index in [4.69, 9.17) is 10.5 Å². The molecule has 118 valence electrons. The van der Waals surface area contributed by atoms with E-state index >= 15 is 0 Å². The number of alkyl carbamates (subject to hydrolysis) is 1. The third-order valence-corrected chi connectivity index (χ3v) is 2.74. The van der Waals surface area contributed by atoms with Gasteiger partial charge in [-0.15, -0.1) is 0 Å². The second-order valence-corrected chi connectivity index (χ2v) is 6.47. The molecule has 0 aliphatic rings. The Morgan fingerprint density at radius 2 is 2.05 bits per heavy atom. The van der Waals surface area contributed by atoms with Gasteiger partial charge in [-0.25, -0.2) is 4.79 Å². The summed E-state index contributed by atoms with van der Waals surface area (Å²) in [6.07, 6.45) is -0.442. The van der Waals surface area contributed by atoms with Crippen molar-refractivity contribution >= 4 is 6.09 Å². The van der Waals surface area contributed by atoms with E-state index in [0.717, 1.165) is 12.1 Å². The minimum absolute atomic E-state index is 0.250. The van der Waals surface area contributed by atoms with Crippen molar-refractivity contribution in [3.05, 3.63) is 35.4 Å². The van der Waals surface area contributed by atoms with Gasteiger partial charge >= 0.3 is 6.09 Å². The van der Waals surface area contributed by atoms with Crippen LogP contribution in [0.15, 0.2) is 24.3 Å². The smallest absolute Gasteiger partial charge is 0.407 e. The van der Waals surface area contributed by atoms with E-state index in [1.165, 1.54) is 5.56 Å². The maximum Gasteiger partial charge on any atom is 0.407 e. The second kappa shape index (κ2) is 7.43. The molecule has 0 aliphatic heterocycles. The fourth-order valence-electron chi connectivity index (χ4n) is 1.91. The predicted octanol–water partition coefficient (Wildman–Crippen LogP) is 2.27. The normalized spacial score (nSPS) is 13.1. The maximum atomic E-state index is 11.6. The van der Waals surface area contributed by atoms with Crippen molar-refractivity contribution < 1.29 is 9.53 Å². The van der Waals surface area contributed by atoms with Gasteiger partial charge in [0.25, 0.3) is 0 Å². The van der Waals surface area contributed by atoms with Gasteiger partial charge in [-0.05, 0) is 46.0 Å². The highest BCUT2D eigenvalue weighted by molar-refractivity contribution is 5.67. The van der Waals surface area contributed by atoms with Gasteiger partial charge in [0.2, 0.25) is 0 Å². The van der Waals surface area contributed by atoms with Gasteiger partial charge in [0.1, 0.15) is 5.60 Å². The van der Waals surface area contributed by atoms with Crippen molar-refractivity contribution in [1.29, 1.82) is 0 Å². The zero-order valence-corrected chi connectivity index (χ0v) is 13.6. The topological polar surface area (TPSA) is 67.6 Å². The van der Waals surface area contributed by atoms with Crippen molar-refractivity contribution in [2.24, 2.45) is 5.73 Å². The summed E-state index contributed by atoms with van der Waals surface area (Å²) in [7, 11) is 4.05. The summed E-state index contributed by atoms with van der Waals surface area (Å²) >= 11 is 0. The summed E-state index contributed by atoms with van der Waals surface area (Å²) in [5.74, 6) is 0. The lowest BCUT2D eigenvalue weighted by atomic mass is 10.0. The number of carbonyl (C=O) groups is 1. The van der Waals surface area contributed by atoms with Crippen molar-refractivity contribution in [1.82, 2.24) is 10.2 Å². The first kappa shape index (κ1) is 17.5. The van der Waals surface area contributed by atoms with Gasteiger partial charge in [-0.2, -0.15) is 0 Å². The first-order chi connectivity index (χ1) is 9.67. The summed E-state index contributed by atoms with van der Waals surface area (Å²) in [5.41, 5.74) is 7.83. The molecule has 3 N–H and O–H groups in total. The Hall–Kier alpha value is -1.59. The Kier molecular flexibility index (Phi) is 6.18. The first-order valence-electron chi connectivity index (χ1n) is 7.13. The molecule has 0 aromatic heterocycles. The Balaban J connectivity index is 2.55. The standard InChI is InChI=1S/C16H27N3O2/c1-16(2,3)21-15(20)18-10-14(17)13-8-6-7-12(9-13)11-19(4)5/h6-9,14H,10-11,17H2,1-5H3,(H,18,20). The van der Waals surface area contributed by atoms with Crippen LogP contribution in [0.1, 0.15) is 37.9 Å². The maximum absolute atomic E-state index is 11.6. The lowest BCUT2D eigenvalue weighted by molar-refractivity contribution is 0.0524. The number of nitrogens with zero attached hydrogens (tertiary/aromatic N) is 1. The van der Waals surface area contributed by atoms with Gasteiger partial charge in [0, 0.05) is 19.1 Å². The summed E-state index contributed by atoms with van der Waals surface area (Å²) in [5, 5.41) is 2.70. The van der Waals surface area contributed by atoms with E-state index in [9.17, 15) is 4.79 Å². The molecular formula is C16H27N3O2. The molecule has 0 heterocycles. The molecule has 0 fully saturated rings. The number of carbonyl (C=O) groups excluding carboxylic acids is 1. The minimum atomic E-state index is -0.500. The van der Waals surface area contributed by atoms with Crippen molar-refractivity contribution in [3.8, 4) is 0 Å². The number of benzene rings is 1. The quantitative estimate of drug-likeness (QED) is 0.874. The molecule has 1 rings (SSSR count). The molecule has 0 saturated heterocycles. The fraction of sp³-hybridized carbons (Fsp3) is 0.562. The van der Waals surface area contributed by atoms with Crippen LogP contribution in [0.25, 0.3) is 0 Å². The third kappa shape index (κ3) is 7.11. The largest absolute Gasteiger partial charge is 0.444 e. The van der Waals surface area contributed by atoms with Crippen molar-refractivity contribution in [2.75, 3.05) is 20.6 Å². The molecule has 1 atom stereocenters. The molecule has 5 heteroatoms. The van der Waals surface area contributed by atoms with E-state index in [1.807, 2.05) is 47.0 Å². The molecule has 0 radical (unpaired) electrons. The Morgan fingerprint density at radius 1 is 1.38 bits per heavy atom. The SMILES string of the molecule is CN(C)Cc1cccc(C(N)CNC(=O)OC(C)(C)C)c1. The third-order valence-electron chi connectivity index (χ3n) is 2.74. The lowest BCUT2D eigenvalue weighted by Crippen LogP contribution is -2.36. The molecule has 0 spiro atoms. The molecule has 0 aliphatic carbocycles. The van der Waals surface area contributed by atoms with Gasteiger partial charge < -0.3 is 20.7 Å². The van der Waals surface area contributed by atoms with Crippen LogP contribution in [0.5, 0.6) is 0 Å². The zero-order chi connectivity index (χ0) is 16.0. The fourth-order valence-corrected chi connectivity index (χ4v) is 1.91. The number of amides is 1. The van der Waals surface area contributed by atoms with Crippen molar-refractivity contribution in [3.63, 3.8) is 0 Å². The zero-order valence-electron chi connectivity index (χ0n) is 13.6. The van der Waals surface area contributed by atoms with Crippen LogP contribution in [0.2, 0.25) is 0 Å². The number of nitrogens with one attached hydrogen (secondary N) is 1. The van der Waals surface area contributed by atoms with Crippen molar-refractivity contribution in [2.45, 2.75) is 39.0 Å². The summed E-state index contributed by atoms with van der Waals surface area (Å²) in [4.78, 5) is 13.7. The molecule has 5 nitrogen and oxygen atoms in total. The Labute approximate surface area is 127 Å². The summed E-state index contributed by atoms with van der Waals surface area (Å²) in [6.45, 7) is 6.70. The van der Waals surface area contributed by atoms with E-state index < -0.39 is 11.7 Å². The first-order valence-corrected chi connectivity index (χ1v) is 7.13. The summed E-state index contributed by atoms with van der Waals surface area (Å²) < 4.78 is 5.19. The number of hydrogen-bond donors (Lipinski definition) is 2. The van der Waals surface area contributed by atoms with Gasteiger partial charge in [-0.3, -0.25) is 0 Å². The summed E-state index contributed by atoms with van der Waals surface area (Å²) in [6, 6.07) is 7.85. The van der Waals surface area contributed by atoms with Gasteiger partial charge in [0.05, 0.1) is 0 Å². The Bertz CT molecular complexity index is 467. The predicted molar refractivity (Wildman–Crippen MR) is 85.0 cm³/mol. The van der Waals surface area contributed by atoms with E-state index in [2.05, 4.69) is 22.3 Å². The van der Waals surface area contributed by atoms with Crippen LogP contribution in [0.3, 0.4) is 0 Å². The highest BCUT2D eigenvalue weighted by atomic mass is 16.6. The number of nitrogens with two attached hydrogens (primary N) is 1. The molecular weight excluding hydrogens is 266 g/mol. The monoisotopic (exact) mass is 293 g/mol. The highest BCUT2D eigenvalue weighted by Gasteiger charge is 2.17. The minimum Gasteiger partial charge on any atom is -0.444 e. The van der Waals surface area contributed by atoms with Crippen LogP contribution in [0, 0.1) is 0 Å². The molecule has 1 unspecified atom stereocenters. The molecule has 0 bridgehead atoms. The van der Waals surface area contributed by atoms with Crippen LogP contribution in [-0.2, 0) is 11.3 Å². The van der Waals surface area contributed by atoms with Gasteiger partial charge in [0.15, 0.2) is 0 Å². The lowest BCUT2D eigenvalue weighted by Gasteiger charge is -2.21. The molecule has 0 saturated carbocycles. The van der Waals surface area contributed by atoms with Crippen LogP contribution in [0.4, 0.5) is 4.79 Å². The second-order valence-electron chi connectivity index (χ2n) is 6.47. The van der Waals surface area contributed by atoms with Crippen LogP contribution in [-0.4, -0.2) is 37.2 Å². The molecule has 1 amide bonds. The molecule has 1 aromatic rings.